The second kappa shape index (κ2) is 5.71. The maximum absolute atomic E-state index is 6.37. The fourth-order valence-electron chi connectivity index (χ4n) is 2.66. The highest BCUT2D eigenvalue weighted by molar-refractivity contribution is 6.31. The molecule has 0 bridgehead atoms. The number of nitrogens with zero attached hydrogens (tertiary/aromatic N) is 2. The number of nitrogens with one attached hydrogen (secondary N) is 1. The molecular weight excluding hydrogens is 296 g/mol. The standard InChI is InChI=1S/C17H19ClN4/c1-3-17(2,10-19)12-6-11(7-13(18)8-12)14-4-5-20-16-15(14)9-21-22-16/h4-9H,3,10,19H2,1-2H3,(H,20,21,22). The average Bonchev–Trinajstić information content (AvgIpc) is 3.02. The lowest BCUT2D eigenvalue weighted by molar-refractivity contribution is 0.467. The van der Waals surface area contributed by atoms with Crippen LogP contribution in [0.2, 0.25) is 5.02 Å². The lowest BCUT2D eigenvalue weighted by Gasteiger charge is -2.28. The van der Waals surface area contributed by atoms with Crippen LogP contribution in [0.15, 0.2) is 36.7 Å². The van der Waals surface area contributed by atoms with Crippen molar-refractivity contribution in [3.63, 3.8) is 0 Å². The van der Waals surface area contributed by atoms with E-state index >= 15 is 0 Å². The smallest absolute Gasteiger partial charge is 0.155 e. The van der Waals surface area contributed by atoms with Crippen LogP contribution in [0.5, 0.6) is 0 Å². The van der Waals surface area contributed by atoms with E-state index in [0.717, 1.165) is 34.1 Å². The molecular formula is C17H19ClN4. The third-order valence-corrected chi connectivity index (χ3v) is 4.71. The van der Waals surface area contributed by atoms with Gasteiger partial charge in [-0.3, -0.25) is 5.10 Å². The monoisotopic (exact) mass is 314 g/mol. The number of H-pyrrole nitrogens is 1. The number of pyridine rings is 1. The SMILES string of the molecule is CCC(C)(CN)c1cc(Cl)cc(-c2ccnc3[nH]ncc23)c1. The van der Waals surface area contributed by atoms with E-state index in [1.165, 1.54) is 0 Å². The van der Waals surface area contributed by atoms with E-state index in [9.17, 15) is 0 Å². The lowest BCUT2D eigenvalue weighted by atomic mass is 9.79. The van der Waals surface area contributed by atoms with Gasteiger partial charge >= 0.3 is 0 Å². The van der Waals surface area contributed by atoms with Gasteiger partial charge in [-0.1, -0.05) is 31.5 Å². The van der Waals surface area contributed by atoms with Crippen LogP contribution < -0.4 is 5.73 Å². The molecule has 1 unspecified atom stereocenters. The van der Waals surface area contributed by atoms with Crippen LogP contribution in [0.4, 0.5) is 0 Å². The number of halogens is 1. The van der Waals surface area contributed by atoms with Crippen molar-refractivity contribution in [1.82, 2.24) is 15.2 Å². The van der Waals surface area contributed by atoms with E-state index in [4.69, 9.17) is 17.3 Å². The Kier molecular flexibility index (Phi) is 3.89. The van der Waals surface area contributed by atoms with E-state index in [0.29, 0.717) is 11.6 Å². The Labute approximate surface area is 134 Å². The Hall–Kier alpha value is -1.91. The quantitative estimate of drug-likeness (QED) is 0.767. The molecule has 0 fully saturated rings. The molecule has 3 rings (SSSR count). The summed E-state index contributed by atoms with van der Waals surface area (Å²) in [5.74, 6) is 0. The zero-order valence-corrected chi connectivity index (χ0v) is 13.5. The second-order valence-corrected chi connectivity index (χ2v) is 6.27. The predicted octanol–water partition coefficient (Wildman–Crippen LogP) is 3.90. The highest BCUT2D eigenvalue weighted by atomic mass is 35.5. The highest BCUT2D eigenvalue weighted by Crippen LogP contribution is 2.34. The van der Waals surface area contributed by atoms with Crippen molar-refractivity contribution in [2.24, 2.45) is 5.73 Å². The largest absolute Gasteiger partial charge is 0.330 e. The Balaban J connectivity index is 2.20. The number of nitrogens with two attached hydrogens (primary N) is 1. The highest BCUT2D eigenvalue weighted by Gasteiger charge is 2.24. The minimum Gasteiger partial charge on any atom is -0.330 e. The molecule has 0 aliphatic carbocycles. The summed E-state index contributed by atoms with van der Waals surface area (Å²) in [6, 6.07) is 8.14. The Morgan fingerprint density at radius 2 is 2.14 bits per heavy atom. The van der Waals surface area contributed by atoms with Crippen LogP contribution in [0, 0.1) is 0 Å². The van der Waals surface area contributed by atoms with E-state index in [1.54, 1.807) is 12.4 Å². The Morgan fingerprint density at radius 3 is 2.86 bits per heavy atom. The minimum absolute atomic E-state index is 0.0812. The summed E-state index contributed by atoms with van der Waals surface area (Å²) in [5.41, 5.74) is 9.98. The first-order chi connectivity index (χ1) is 10.6. The molecule has 0 saturated carbocycles. The molecule has 1 aromatic carbocycles. The van der Waals surface area contributed by atoms with E-state index < -0.39 is 0 Å². The van der Waals surface area contributed by atoms with Crippen LogP contribution >= 0.6 is 11.6 Å². The molecule has 3 aromatic rings. The summed E-state index contributed by atoms with van der Waals surface area (Å²) in [6.45, 7) is 4.90. The van der Waals surface area contributed by atoms with Gasteiger partial charge in [0.25, 0.3) is 0 Å². The van der Waals surface area contributed by atoms with Crippen molar-refractivity contribution in [2.75, 3.05) is 6.54 Å². The van der Waals surface area contributed by atoms with E-state index in [1.807, 2.05) is 18.2 Å². The van der Waals surface area contributed by atoms with Gasteiger partial charge in [0.15, 0.2) is 5.65 Å². The molecule has 4 nitrogen and oxygen atoms in total. The van der Waals surface area contributed by atoms with E-state index in [-0.39, 0.29) is 5.41 Å². The Bertz CT molecular complexity index is 805. The summed E-state index contributed by atoms with van der Waals surface area (Å²) in [4.78, 5) is 4.28. The Morgan fingerprint density at radius 1 is 1.32 bits per heavy atom. The van der Waals surface area contributed by atoms with Crippen LogP contribution in [0.25, 0.3) is 22.2 Å². The van der Waals surface area contributed by atoms with Crippen LogP contribution in [-0.2, 0) is 5.41 Å². The average molecular weight is 315 g/mol. The van der Waals surface area contributed by atoms with Gasteiger partial charge in [-0.25, -0.2) is 4.98 Å². The molecule has 3 N–H and O–H groups in total. The fourth-order valence-corrected chi connectivity index (χ4v) is 2.90. The van der Waals surface area contributed by atoms with Crippen molar-refractivity contribution in [3.05, 3.63) is 47.2 Å². The van der Waals surface area contributed by atoms with Gasteiger partial charge in [0, 0.05) is 28.6 Å². The second-order valence-electron chi connectivity index (χ2n) is 5.84. The molecule has 0 radical (unpaired) electrons. The molecule has 0 saturated heterocycles. The number of aromatic amines is 1. The fraction of sp³-hybridized carbons (Fsp3) is 0.294. The van der Waals surface area contributed by atoms with Crippen molar-refractivity contribution in [2.45, 2.75) is 25.7 Å². The van der Waals surface area contributed by atoms with Crippen molar-refractivity contribution in [1.29, 1.82) is 0 Å². The van der Waals surface area contributed by atoms with Gasteiger partial charge in [0.2, 0.25) is 0 Å². The molecule has 0 spiro atoms. The number of aromatic nitrogens is 3. The normalized spacial score (nSPS) is 14.2. The molecule has 114 valence electrons. The molecule has 1 atom stereocenters. The van der Waals surface area contributed by atoms with Gasteiger partial charge in [-0.15, -0.1) is 0 Å². The van der Waals surface area contributed by atoms with Crippen LogP contribution in [0.1, 0.15) is 25.8 Å². The van der Waals surface area contributed by atoms with E-state index in [2.05, 4.69) is 35.1 Å². The van der Waals surface area contributed by atoms with Crippen molar-refractivity contribution >= 4 is 22.6 Å². The number of benzene rings is 1. The first-order valence-electron chi connectivity index (χ1n) is 7.37. The molecule has 0 aliphatic rings. The third-order valence-electron chi connectivity index (χ3n) is 4.49. The number of hydrogen-bond acceptors (Lipinski definition) is 3. The van der Waals surface area contributed by atoms with Crippen molar-refractivity contribution < 1.29 is 0 Å². The first-order valence-corrected chi connectivity index (χ1v) is 7.75. The van der Waals surface area contributed by atoms with Gasteiger partial charge in [-0.2, -0.15) is 5.10 Å². The topological polar surface area (TPSA) is 67.6 Å². The number of hydrogen-bond donors (Lipinski definition) is 2. The maximum Gasteiger partial charge on any atom is 0.155 e. The summed E-state index contributed by atoms with van der Waals surface area (Å²) in [5, 5.41) is 8.67. The molecule has 0 aliphatic heterocycles. The summed E-state index contributed by atoms with van der Waals surface area (Å²) >= 11 is 6.37. The molecule has 2 heterocycles. The van der Waals surface area contributed by atoms with Gasteiger partial charge in [0.1, 0.15) is 0 Å². The summed E-state index contributed by atoms with van der Waals surface area (Å²) in [7, 11) is 0. The first kappa shape index (κ1) is 15.0. The molecule has 0 amide bonds. The van der Waals surface area contributed by atoms with Gasteiger partial charge < -0.3 is 5.73 Å². The van der Waals surface area contributed by atoms with Crippen LogP contribution in [-0.4, -0.2) is 21.7 Å². The van der Waals surface area contributed by atoms with Crippen LogP contribution in [0.3, 0.4) is 0 Å². The summed E-state index contributed by atoms with van der Waals surface area (Å²) < 4.78 is 0. The predicted molar refractivity (Wildman–Crippen MR) is 91.0 cm³/mol. The van der Waals surface area contributed by atoms with Gasteiger partial charge in [-0.05, 0) is 41.3 Å². The molecule has 22 heavy (non-hydrogen) atoms. The third kappa shape index (κ3) is 2.49. The molecule has 5 heteroatoms. The maximum atomic E-state index is 6.37. The number of rotatable bonds is 4. The summed E-state index contributed by atoms with van der Waals surface area (Å²) in [6.07, 6.45) is 4.53. The molecule has 2 aromatic heterocycles. The van der Waals surface area contributed by atoms with Crippen molar-refractivity contribution in [3.8, 4) is 11.1 Å². The zero-order valence-electron chi connectivity index (χ0n) is 12.7. The van der Waals surface area contributed by atoms with Gasteiger partial charge in [0.05, 0.1) is 6.20 Å². The lowest BCUT2D eigenvalue weighted by Crippen LogP contribution is -2.31. The zero-order chi connectivity index (χ0) is 15.7. The minimum atomic E-state index is -0.0812. The number of fused-ring (bicyclic) bond motifs is 1.